The highest BCUT2D eigenvalue weighted by molar-refractivity contribution is 5.95. The quantitative estimate of drug-likeness (QED) is 0.820. The number of amides is 1. The van der Waals surface area contributed by atoms with E-state index in [2.05, 4.69) is 5.32 Å². The molecule has 4 nitrogen and oxygen atoms in total. The molecule has 25 heavy (non-hydrogen) atoms. The summed E-state index contributed by atoms with van der Waals surface area (Å²) < 4.78 is 32.4. The zero-order chi connectivity index (χ0) is 17.1. The van der Waals surface area contributed by atoms with Crippen LogP contribution >= 0.6 is 12.4 Å². The van der Waals surface area contributed by atoms with Gasteiger partial charge in [-0.2, -0.15) is 0 Å². The molecule has 2 atom stereocenters. The topological polar surface area (TPSA) is 64.3 Å². The van der Waals surface area contributed by atoms with Crippen molar-refractivity contribution >= 4 is 24.0 Å². The molecule has 2 aromatic rings. The molecule has 0 aliphatic heterocycles. The number of rotatable bonds is 6. The van der Waals surface area contributed by atoms with Gasteiger partial charge in [0.15, 0.2) is 0 Å². The zero-order valence-electron chi connectivity index (χ0n) is 13.4. The summed E-state index contributed by atoms with van der Waals surface area (Å²) in [6, 6.07) is 10.3. The third-order valence-electron chi connectivity index (χ3n) is 3.99. The number of carbonyl (C=O) groups is 1. The van der Waals surface area contributed by atoms with Gasteiger partial charge in [0.05, 0.1) is 0 Å². The highest BCUT2D eigenvalue weighted by Gasteiger charge is 2.45. The molecule has 0 saturated heterocycles. The zero-order valence-corrected chi connectivity index (χ0v) is 14.2. The van der Waals surface area contributed by atoms with Crippen molar-refractivity contribution in [1.82, 2.24) is 0 Å². The van der Waals surface area contributed by atoms with E-state index in [4.69, 9.17) is 10.5 Å². The molecule has 0 heterocycles. The van der Waals surface area contributed by atoms with Crippen molar-refractivity contribution < 1.29 is 18.3 Å². The average Bonchev–Trinajstić information content (AvgIpc) is 3.37. The number of nitrogens with two attached hydrogens (primary N) is 1. The summed E-state index contributed by atoms with van der Waals surface area (Å²) in [5, 5.41) is 2.79. The molecule has 134 valence electrons. The standard InChI is InChI=1S/C18H18F2N2O2.ClH/c19-11-1-6-17(20)15(9-11)14-10-16(14)18(23)22-12-2-4-13(5-3-12)24-8-7-21;/h1-6,9,14,16H,7-8,10,21H2,(H,22,23);1H. The number of nitrogens with one attached hydrogen (secondary N) is 1. The van der Waals surface area contributed by atoms with E-state index in [0.717, 1.165) is 18.2 Å². The molecule has 1 saturated carbocycles. The van der Waals surface area contributed by atoms with Gasteiger partial charge < -0.3 is 15.8 Å². The number of ether oxygens (including phenoxy) is 1. The number of carbonyl (C=O) groups excluding carboxylic acids is 1. The summed E-state index contributed by atoms with van der Waals surface area (Å²) in [5.41, 5.74) is 6.26. The third-order valence-corrected chi connectivity index (χ3v) is 3.99. The molecule has 0 spiro atoms. The molecule has 2 aromatic carbocycles. The van der Waals surface area contributed by atoms with E-state index in [-0.39, 0.29) is 35.7 Å². The lowest BCUT2D eigenvalue weighted by Gasteiger charge is -2.08. The SMILES string of the molecule is Cl.NCCOc1ccc(NC(=O)C2CC2c2cc(F)ccc2F)cc1. The fraction of sp³-hybridized carbons (Fsp3) is 0.278. The summed E-state index contributed by atoms with van der Waals surface area (Å²) in [4.78, 5) is 12.2. The van der Waals surface area contributed by atoms with Crippen LogP contribution in [0.5, 0.6) is 5.75 Å². The Balaban J connectivity index is 0.00000225. The van der Waals surface area contributed by atoms with Crippen LogP contribution < -0.4 is 15.8 Å². The van der Waals surface area contributed by atoms with Gasteiger partial charge in [-0.05, 0) is 60.4 Å². The van der Waals surface area contributed by atoms with Crippen molar-refractivity contribution in [2.24, 2.45) is 11.7 Å². The Bertz CT molecular complexity index is 740. The van der Waals surface area contributed by atoms with Gasteiger partial charge in [0.1, 0.15) is 24.0 Å². The first-order chi connectivity index (χ1) is 11.6. The van der Waals surface area contributed by atoms with E-state index in [9.17, 15) is 13.6 Å². The van der Waals surface area contributed by atoms with Crippen LogP contribution in [0.1, 0.15) is 17.9 Å². The van der Waals surface area contributed by atoms with Crippen molar-refractivity contribution in [3.63, 3.8) is 0 Å². The van der Waals surface area contributed by atoms with E-state index in [1.165, 1.54) is 0 Å². The van der Waals surface area contributed by atoms with E-state index < -0.39 is 11.6 Å². The van der Waals surface area contributed by atoms with Crippen molar-refractivity contribution in [2.75, 3.05) is 18.5 Å². The molecule has 1 aliphatic rings. The minimum atomic E-state index is -0.495. The first-order valence-electron chi connectivity index (χ1n) is 7.77. The maximum absolute atomic E-state index is 13.7. The number of anilines is 1. The molecular formula is C18H19ClF2N2O2. The second kappa shape index (κ2) is 8.27. The van der Waals surface area contributed by atoms with E-state index >= 15 is 0 Å². The minimum Gasteiger partial charge on any atom is -0.492 e. The Morgan fingerprint density at radius 2 is 1.92 bits per heavy atom. The molecule has 7 heteroatoms. The van der Waals surface area contributed by atoms with Crippen molar-refractivity contribution in [1.29, 1.82) is 0 Å². The van der Waals surface area contributed by atoms with Crippen LogP contribution in [0, 0.1) is 17.6 Å². The number of hydrogen-bond donors (Lipinski definition) is 2. The highest BCUT2D eigenvalue weighted by Crippen LogP contribution is 2.48. The molecule has 1 aliphatic carbocycles. The van der Waals surface area contributed by atoms with Crippen LogP contribution in [0.3, 0.4) is 0 Å². The monoisotopic (exact) mass is 368 g/mol. The van der Waals surface area contributed by atoms with Gasteiger partial charge >= 0.3 is 0 Å². The first-order valence-corrected chi connectivity index (χ1v) is 7.77. The minimum absolute atomic E-state index is 0. The lowest BCUT2D eigenvalue weighted by Crippen LogP contribution is -2.15. The molecule has 1 amide bonds. The van der Waals surface area contributed by atoms with Crippen LogP contribution in [0.4, 0.5) is 14.5 Å². The fourth-order valence-corrected chi connectivity index (χ4v) is 2.67. The first kappa shape index (κ1) is 19.1. The predicted octanol–water partition coefficient (Wildman–Crippen LogP) is 3.47. The lowest BCUT2D eigenvalue weighted by atomic mass is 10.1. The third kappa shape index (κ3) is 4.67. The maximum Gasteiger partial charge on any atom is 0.228 e. The van der Waals surface area contributed by atoms with Crippen molar-refractivity contribution in [2.45, 2.75) is 12.3 Å². The smallest absolute Gasteiger partial charge is 0.228 e. The summed E-state index contributed by atoms with van der Waals surface area (Å²) in [6.45, 7) is 0.854. The molecule has 2 unspecified atom stereocenters. The second-order valence-electron chi connectivity index (χ2n) is 5.77. The molecule has 3 rings (SSSR count). The van der Waals surface area contributed by atoms with Gasteiger partial charge in [0.2, 0.25) is 5.91 Å². The fourth-order valence-electron chi connectivity index (χ4n) is 2.67. The Morgan fingerprint density at radius 3 is 2.60 bits per heavy atom. The van der Waals surface area contributed by atoms with E-state index in [1.807, 2.05) is 0 Å². The summed E-state index contributed by atoms with van der Waals surface area (Å²) in [5.74, 6) is -1.10. The van der Waals surface area contributed by atoms with Gasteiger partial charge in [-0.1, -0.05) is 0 Å². The lowest BCUT2D eigenvalue weighted by molar-refractivity contribution is -0.117. The van der Waals surface area contributed by atoms with Crippen LogP contribution in [-0.2, 0) is 4.79 Å². The normalized spacial score (nSPS) is 18.2. The molecule has 0 radical (unpaired) electrons. The average molecular weight is 369 g/mol. The molecular weight excluding hydrogens is 350 g/mol. The summed E-state index contributed by atoms with van der Waals surface area (Å²) >= 11 is 0. The van der Waals surface area contributed by atoms with Gasteiger partial charge in [0.25, 0.3) is 0 Å². The van der Waals surface area contributed by atoms with Gasteiger partial charge in [0, 0.05) is 18.2 Å². The number of halogens is 3. The number of benzene rings is 2. The van der Waals surface area contributed by atoms with Crippen LogP contribution in [0.25, 0.3) is 0 Å². The largest absolute Gasteiger partial charge is 0.492 e. The van der Waals surface area contributed by atoms with Crippen LogP contribution in [0.2, 0.25) is 0 Å². The van der Waals surface area contributed by atoms with E-state index in [1.54, 1.807) is 24.3 Å². The van der Waals surface area contributed by atoms with Crippen molar-refractivity contribution in [3.05, 3.63) is 59.7 Å². The number of hydrogen-bond acceptors (Lipinski definition) is 3. The Kier molecular flexibility index (Phi) is 6.33. The Labute approximate surface area is 150 Å². The van der Waals surface area contributed by atoms with Crippen LogP contribution in [-0.4, -0.2) is 19.1 Å². The van der Waals surface area contributed by atoms with E-state index in [0.29, 0.717) is 31.0 Å². The van der Waals surface area contributed by atoms with Gasteiger partial charge in [-0.25, -0.2) is 8.78 Å². The van der Waals surface area contributed by atoms with Crippen molar-refractivity contribution in [3.8, 4) is 5.75 Å². The molecule has 1 fully saturated rings. The molecule has 3 N–H and O–H groups in total. The van der Waals surface area contributed by atoms with Gasteiger partial charge in [-0.15, -0.1) is 12.4 Å². The molecule has 0 aromatic heterocycles. The predicted molar refractivity (Wildman–Crippen MR) is 94.1 cm³/mol. The van der Waals surface area contributed by atoms with Crippen LogP contribution in [0.15, 0.2) is 42.5 Å². The highest BCUT2D eigenvalue weighted by atomic mass is 35.5. The molecule has 0 bridgehead atoms. The Hall–Kier alpha value is -2.18. The second-order valence-corrected chi connectivity index (χ2v) is 5.77. The maximum atomic E-state index is 13.7. The Morgan fingerprint density at radius 1 is 1.20 bits per heavy atom. The summed E-state index contributed by atoms with van der Waals surface area (Å²) in [7, 11) is 0. The summed E-state index contributed by atoms with van der Waals surface area (Å²) in [6.07, 6.45) is 0.518. The van der Waals surface area contributed by atoms with Gasteiger partial charge in [-0.3, -0.25) is 4.79 Å².